The molecule has 35 heavy (non-hydrogen) atoms. The van der Waals surface area contributed by atoms with Gasteiger partial charge >= 0.3 is 0 Å². The first kappa shape index (κ1) is 23.3. The number of nitrogens with zero attached hydrogens (tertiary/aromatic N) is 2. The average Bonchev–Trinajstić information content (AvgIpc) is 3.18. The van der Waals surface area contributed by atoms with Gasteiger partial charge in [0.2, 0.25) is 12.3 Å². The molecule has 0 spiro atoms. The van der Waals surface area contributed by atoms with Crippen LogP contribution in [0.2, 0.25) is 5.02 Å². The second kappa shape index (κ2) is 9.65. The molecule has 0 N–H and O–H groups in total. The van der Waals surface area contributed by atoms with E-state index in [9.17, 15) is 4.79 Å². The number of rotatable bonds is 5. The molecule has 2 heterocycles. The molecule has 6 rings (SSSR count). The van der Waals surface area contributed by atoms with E-state index in [-0.39, 0.29) is 29.3 Å². The number of hydrogen-bond donors (Lipinski definition) is 0. The lowest BCUT2D eigenvalue weighted by molar-refractivity contribution is -0.682. The molecule has 0 aliphatic rings. The quantitative estimate of drug-likeness (QED) is 0.241. The maximum absolute atomic E-state index is 13.1. The van der Waals surface area contributed by atoms with E-state index in [1.54, 1.807) is 0 Å². The van der Waals surface area contributed by atoms with Gasteiger partial charge in [-0.2, -0.15) is 4.57 Å². The van der Waals surface area contributed by atoms with Crippen molar-refractivity contribution in [1.82, 2.24) is 4.57 Å². The first-order valence-electron chi connectivity index (χ1n) is 11.3. The fourth-order valence-corrected chi connectivity index (χ4v) is 4.82. The number of halogens is 2. The average molecular weight is 542 g/mol. The van der Waals surface area contributed by atoms with Crippen molar-refractivity contribution in [1.29, 1.82) is 0 Å². The van der Waals surface area contributed by atoms with E-state index in [2.05, 4.69) is 59.3 Å². The van der Waals surface area contributed by atoms with Crippen LogP contribution in [-0.4, -0.2) is 10.4 Å². The third-order valence-corrected chi connectivity index (χ3v) is 6.68. The summed E-state index contributed by atoms with van der Waals surface area (Å²) in [5, 5.41) is 5.34. The van der Waals surface area contributed by atoms with Gasteiger partial charge in [0.05, 0.1) is 0 Å². The zero-order valence-corrected chi connectivity index (χ0v) is 21.2. The van der Waals surface area contributed by atoms with Crippen molar-refractivity contribution in [2.24, 2.45) is 0 Å². The third-order valence-electron chi connectivity index (χ3n) is 6.42. The van der Waals surface area contributed by atoms with Crippen molar-refractivity contribution in [3.8, 4) is 0 Å². The summed E-state index contributed by atoms with van der Waals surface area (Å²) in [6, 6.07) is 32.5. The summed E-state index contributed by atoms with van der Waals surface area (Å²) < 4.78 is 4.29. The van der Waals surface area contributed by atoms with Crippen molar-refractivity contribution < 1.29 is 26.3 Å². The number of carbonyl (C=O) groups excluding carboxylic acids is 1. The minimum atomic E-state index is 0. The van der Waals surface area contributed by atoms with Gasteiger partial charge in [-0.3, -0.25) is 4.79 Å². The number of hydrogen-bond acceptors (Lipinski definition) is 1. The van der Waals surface area contributed by atoms with Gasteiger partial charge in [-0.15, -0.1) is 0 Å². The maximum atomic E-state index is 13.1. The smallest absolute Gasteiger partial charge is 0.227 e. The topological polar surface area (TPSA) is 25.9 Å². The van der Waals surface area contributed by atoms with Gasteiger partial charge < -0.3 is 21.5 Å². The molecule has 172 valence electrons. The monoisotopic (exact) mass is 540 g/mol. The first-order chi connectivity index (χ1) is 16.7. The number of para-hydroxylation sites is 1. The fraction of sp³-hybridized carbons (Fsp3) is 0.0667. The molecule has 0 aliphatic heterocycles. The maximum Gasteiger partial charge on any atom is 0.227 e. The Labute approximate surface area is 219 Å². The minimum absolute atomic E-state index is 0. The van der Waals surface area contributed by atoms with Crippen LogP contribution in [0.4, 0.5) is 0 Å². The van der Waals surface area contributed by atoms with Crippen LogP contribution < -0.4 is 21.5 Å². The predicted octanol–water partition coefficient (Wildman–Crippen LogP) is 3.82. The largest absolute Gasteiger partial charge is 1.00 e. The summed E-state index contributed by atoms with van der Waals surface area (Å²) in [6.45, 7) is 1.01. The van der Waals surface area contributed by atoms with Crippen molar-refractivity contribution in [3.63, 3.8) is 0 Å². The van der Waals surface area contributed by atoms with Crippen LogP contribution in [0.3, 0.4) is 0 Å². The second-order valence-electron chi connectivity index (χ2n) is 8.63. The number of carbonyl (C=O) groups is 1. The van der Waals surface area contributed by atoms with Crippen LogP contribution in [-0.2, 0) is 13.1 Å². The van der Waals surface area contributed by atoms with E-state index in [1.807, 2.05) is 59.3 Å². The van der Waals surface area contributed by atoms with E-state index in [1.165, 1.54) is 21.9 Å². The highest BCUT2D eigenvalue weighted by Crippen LogP contribution is 2.29. The van der Waals surface area contributed by atoms with Crippen LogP contribution >= 0.6 is 11.6 Å². The number of fused-ring (bicyclic) bond motifs is 4. The number of benzene rings is 4. The van der Waals surface area contributed by atoms with Crippen LogP contribution in [0.15, 0.2) is 109 Å². The summed E-state index contributed by atoms with van der Waals surface area (Å²) in [7, 11) is 0. The Morgan fingerprint density at radius 2 is 1.49 bits per heavy atom. The molecule has 0 unspecified atom stereocenters. The predicted molar refractivity (Wildman–Crippen MR) is 138 cm³/mol. The van der Waals surface area contributed by atoms with Crippen LogP contribution in [0.25, 0.3) is 32.6 Å². The summed E-state index contributed by atoms with van der Waals surface area (Å²) in [4.78, 5) is 13.1. The van der Waals surface area contributed by atoms with E-state index in [4.69, 9.17) is 11.6 Å². The van der Waals surface area contributed by atoms with Gasteiger partial charge in [-0.05, 0) is 40.6 Å². The Kier molecular flexibility index (Phi) is 6.42. The van der Waals surface area contributed by atoms with Crippen LogP contribution in [0, 0.1) is 0 Å². The molecule has 0 radical (unpaired) electrons. The Hall–Kier alpha value is -3.47. The van der Waals surface area contributed by atoms with Gasteiger partial charge in [-0.25, -0.2) is 0 Å². The molecule has 4 aromatic carbocycles. The van der Waals surface area contributed by atoms with Crippen molar-refractivity contribution in [2.45, 2.75) is 13.1 Å². The molecule has 0 bridgehead atoms. The normalized spacial score (nSPS) is 11.1. The molecule has 0 atom stereocenters. The highest BCUT2D eigenvalue weighted by Gasteiger charge is 2.17. The molecule has 2 aromatic heterocycles. The first-order valence-corrected chi connectivity index (χ1v) is 11.7. The number of aromatic nitrogens is 2. The third kappa shape index (κ3) is 4.47. The summed E-state index contributed by atoms with van der Waals surface area (Å²) in [5.41, 5.74) is 4.18. The molecule has 6 aromatic rings. The molecular weight excluding hydrogens is 520 g/mol. The van der Waals surface area contributed by atoms with Crippen LogP contribution in [0.1, 0.15) is 15.9 Å². The molecule has 0 aliphatic carbocycles. The zero-order valence-electron chi connectivity index (χ0n) is 18.9. The molecule has 0 amide bonds. The van der Waals surface area contributed by atoms with Gasteiger partial charge in [0.1, 0.15) is 5.52 Å². The van der Waals surface area contributed by atoms with Gasteiger partial charge in [0.25, 0.3) is 0 Å². The molecule has 3 nitrogen and oxygen atoms in total. The SMILES string of the molecule is O=C(C[n+]1ccc2c3ccccc3n(Cc3ccc(Cl)cc3)c2c1)c1ccc2ccccc2c1.[Br-]. The van der Waals surface area contributed by atoms with E-state index in [0.29, 0.717) is 0 Å². The van der Waals surface area contributed by atoms with Gasteiger partial charge in [0, 0.05) is 39.5 Å². The standard InChI is InChI=1S/C30H22ClN2O.BrH/c31-25-13-9-21(10-14-25)18-33-28-8-4-3-7-26(28)27-15-16-32(19-29(27)33)20-30(34)24-12-11-22-5-1-2-6-23(22)17-24;/h1-17,19H,18,20H2;1H/q+1;/p-1. The molecule has 0 saturated carbocycles. The molecular formula is C30H22BrClN2O. The highest BCUT2D eigenvalue weighted by atomic mass is 79.9. The lowest BCUT2D eigenvalue weighted by Crippen LogP contribution is -3.00. The minimum Gasteiger partial charge on any atom is -1.00 e. The van der Waals surface area contributed by atoms with E-state index < -0.39 is 0 Å². The molecule has 5 heteroatoms. The number of Topliss-reactive ketones (excluding diaryl/α,β-unsaturated/α-hetero) is 1. The van der Waals surface area contributed by atoms with Crippen molar-refractivity contribution in [3.05, 3.63) is 126 Å². The highest BCUT2D eigenvalue weighted by molar-refractivity contribution is 6.30. The Morgan fingerprint density at radius 1 is 0.771 bits per heavy atom. The summed E-state index contributed by atoms with van der Waals surface area (Å²) >= 11 is 6.09. The molecule has 0 fully saturated rings. The second-order valence-corrected chi connectivity index (χ2v) is 9.07. The Morgan fingerprint density at radius 3 is 2.31 bits per heavy atom. The molecule has 0 saturated heterocycles. The number of ketones is 1. The number of pyridine rings is 1. The summed E-state index contributed by atoms with van der Waals surface area (Å²) in [6.07, 6.45) is 4.09. The van der Waals surface area contributed by atoms with Crippen molar-refractivity contribution >= 4 is 50.0 Å². The Bertz CT molecular complexity index is 1690. The van der Waals surface area contributed by atoms with Crippen molar-refractivity contribution in [2.75, 3.05) is 0 Å². The van der Waals surface area contributed by atoms with Crippen LogP contribution in [0.5, 0.6) is 0 Å². The zero-order chi connectivity index (χ0) is 23.1. The lowest BCUT2D eigenvalue weighted by atomic mass is 10.0. The van der Waals surface area contributed by atoms with Gasteiger partial charge in [-0.1, -0.05) is 78.3 Å². The van der Waals surface area contributed by atoms with Gasteiger partial charge in [0.15, 0.2) is 12.4 Å². The summed E-state index contributed by atoms with van der Waals surface area (Å²) in [5.74, 6) is 0.0930. The lowest BCUT2D eigenvalue weighted by Gasteiger charge is -2.07. The van der Waals surface area contributed by atoms with E-state index >= 15 is 0 Å². The Balaban J connectivity index is 0.00000253. The fourth-order valence-electron chi connectivity index (χ4n) is 4.70. The van der Waals surface area contributed by atoms with E-state index in [0.717, 1.165) is 33.4 Å².